The van der Waals surface area contributed by atoms with E-state index in [1.54, 1.807) is 6.20 Å². The number of carbonyl (C=O) groups is 1. The van der Waals surface area contributed by atoms with Crippen LogP contribution in [-0.4, -0.2) is 62.2 Å². The highest BCUT2D eigenvalue weighted by molar-refractivity contribution is 5.92. The van der Waals surface area contributed by atoms with E-state index in [0.29, 0.717) is 18.8 Å². The minimum absolute atomic E-state index is 0.0897. The lowest BCUT2D eigenvalue weighted by molar-refractivity contribution is 0.0760. The summed E-state index contributed by atoms with van der Waals surface area (Å²) >= 11 is 0. The third kappa shape index (κ3) is 3.39. The molecule has 1 saturated heterocycles. The Bertz CT molecular complexity index is 866. The molecule has 1 amide bonds. The van der Waals surface area contributed by atoms with Gasteiger partial charge >= 0.3 is 0 Å². The van der Waals surface area contributed by atoms with Crippen molar-refractivity contribution in [1.82, 2.24) is 30.1 Å². The zero-order valence-electron chi connectivity index (χ0n) is 14.3. The molecule has 3 heterocycles. The molecule has 8 nitrogen and oxygen atoms in total. The van der Waals surface area contributed by atoms with Crippen LogP contribution >= 0.6 is 0 Å². The fourth-order valence-corrected chi connectivity index (χ4v) is 3.02. The first-order valence-electron chi connectivity index (χ1n) is 8.61. The van der Waals surface area contributed by atoms with Gasteiger partial charge in [0, 0.05) is 32.4 Å². The van der Waals surface area contributed by atoms with Gasteiger partial charge in [0.15, 0.2) is 11.5 Å². The maximum atomic E-state index is 12.8. The quantitative estimate of drug-likeness (QED) is 0.711. The predicted octanol–water partition coefficient (Wildman–Crippen LogP) is 1.41. The van der Waals surface area contributed by atoms with E-state index in [4.69, 9.17) is 0 Å². The van der Waals surface area contributed by atoms with Crippen LogP contribution in [0.3, 0.4) is 0 Å². The second-order valence-electron chi connectivity index (χ2n) is 6.07. The van der Waals surface area contributed by atoms with Crippen molar-refractivity contribution in [2.45, 2.75) is 6.42 Å². The van der Waals surface area contributed by atoms with Crippen LogP contribution in [0.2, 0.25) is 0 Å². The number of anilines is 1. The summed E-state index contributed by atoms with van der Waals surface area (Å²) in [4.78, 5) is 18.3. The van der Waals surface area contributed by atoms with Gasteiger partial charge in [-0.3, -0.25) is 4.79 Å². The number of aromatic nitrogens is 5. The Labute approximate surface area is 151 Å². The minimum atomic E-state index is -0.0897. The van der Waals surface area contributed by atoms with E-state index in [1.165, 1.54) is 11.0 Å². The standard InChI is InChI=1S/C18H19N7O/c26-18(16-14-20-25(22-16)15-6-2-1-3-7-15)24-11-5-10-23(12-13-24)17-8-4-9-19-21-17/h1-4,6-9,14H,5,10-13H2. The molecule has 132 valence electrons. The third-order valence-electron chi connectivity index (χ3n) is 4.36. The van der Waals surface area contributed by atoms with Crippen LogP contribution in [0, 0.1) is 0 Å². The molecule has 0 N–H and O–H groups in total. The van der Waals surface area contributed by atoms with E-state index in [1.807, 2.05) is 47.4 Å². The number of rotatable bonds is 3. The number of benzene rings is 1. The van der Waals surface area contributed by atoms with Gasteiger partial charge in [-0.05, 0) is 30.7 Å². The molecule has 3 aromatic rings. The lowest BCUT2D eigenvalue weighted by atomic mass is 10.3. The second kappa shape index (κ2) is 7.30. The van der Waals surface area contributed by atoms with Gasteiger partial charge < -0.3 is 9.80 Å². The lowest BCUT2D eigenvalue weighted by Crippen LogP contribution is -2.35. The molecule has 1 aliphatic rings. The summed E-state index contributed by atoms with van der Waals surface area (Å²) in [6.07, 6.45) is 4.06. The molecule has 2 aromatic heterocycles. The Hall–Kier alpha value is -3.29. The van der Waals surface area contributed by atoms with E-state index in [2.05, 4.69) is 25.3 Å². The van der Waals surface area contributed by atoms with Crippen molar-refractivity contribution in [2.24, 2.45) is 0 Å². The largest absolute Gasteiger partial charge is 0.353 e. The molecule has 0 bridgehead atoms. The van der Waals surface area contributed by atoms with Crippen molar-refractivity contribution in [3.8, 4) is 5.69 Å². The summed E-state index contributed by atoms with van der Waals surface area (Å²) in [5.41, 5.74) is 1.19. The number of amides is 1. The average molecular weight is 349 g/mol. The smallest absolute Gasteiger partial charge is 0.276 e. The summed E-state index contributed by atoms with van der Waals surface area (Å²) in [5.74, 6) is 0.755. The first-order valence-corrected chi connectivity index (χ1v) is 8.61. The molecule has 0 unspecified atom stereocenters. The zero-order chi connectivity index (χ0) is 17.8. The summed E-state index contributed by atoms with van der Waals surface area (Å²) in [6.45, 7) is 2.87. The lowest BCUT2D eigenvalue weighted by Gasteiger charge is -2.21. The van der Waals surface area contributed by atoms with Crippen molar-refractivity contribution in [1.29, 1.82) is 0 Å². The number of hydrogen-bond acceptors (Lipinski definition) is 6. The van der Waals surface area contributed by atoms with Crippen molar-refractivity contribution < 1.29 is 4.79 Å². The molecule has 0 saturated carbocycles. The van der Waals surface area contributed by atoms with Crippen LogP contribution in [0.1, 0.15) is 16.9 Å². The first-order chi connectivity index (χ1) is 12.8. The van der Waals surface area contributed by atoms with Gasteiger partial charge in [-0.1, -0.05) is 18.2 Å². The Morgan fingerprint density at radius 2 is 1.85 bits per heavy atom. The SMILES string of the molecule is O=C(c1cnn(-c2ccccc2)n1)N1CCCN(c2cccnn2)CC1. The molecule has 0 radical (unpaired) electrons. The van der Waals surface area contributed by atoms with Gasteiger partial charge in [-0.25, -0.2) is 0 Å². The topological polar surface area (TPSA) is 80.0 Å². The number of hydrogen-bond donors (Lipinski definition) is 0. The summed E-state index contributed by atoms with van der Waals surface area (Å²) in [6, 6.07) is 13.4. The molecule has 1 aromatic carbocycles. The number of nitrogens with zero attached hydrogens (tertiary/aromatic N) is 7. The van der Waals surface area contributed by atoms with Gasteiger partial charge in [-0.15, -0.1) is 10.2 Å². The Kier molecular flexibility index (Phi) is 4.55. The second-order valence-corrected chi connectivity index (χ2v) is 6.07. The van der Waals surface area contributed by atoms with E-state index in [9.17, 15) is 4.79 Å². The Balaban J connectivity index is 1.45. The van der Waals surface area contributed by atoms with Crippen LogP contribution in [0.5, 0.6) is 0 Å². The summed E-state index contributed by atoms with van der Waals surface area (Å²) < 4.78 is 0. The van der Waals surface area contributed by atoms with Crippen molar-refractivity contribution in [3.63, 3.8) is 0 Å². The fourth-order valence-electron chi connectivity index (χ4n) is 3.02. The minimum Gasteiger partial charge on any atom is -0.353 e. The molecular formula is C18H19N7O. The van der Waals surface area contributed by atoms with Crippen LogP contribution in [0.15, 0.2) is 54.9 Å². The van der Waals surface area contributed by atoms with Gasteiger partial charge in [0.1, 0.15) is 0 Å². The average Bonchev–Trinajstić information content (AvgIpc) is 3.07. The van der Waals surface area contributed by atoms with Crippen molar-refractivity contribution in [3.05, 3.63) is 60.6 Å². The van der Waals surface area contributed by atoms with Gasteiger partial charge in [0.2, 0.25) is 0 Å². The van der Waals surface area contributed by atoms with Gasteiger partial charge in [-0.2, -0.15) is 15.0 Å². The zero-order valence-corrected chi connectivity index (χ0v) is 14.3. The van der Waals surface area contributed by atoms with Crippen molar-refractivity contribution >= 4 is 11.7 Å². The maximum absolute atomic E-state index is 12.8. The molecule has 1 aliphatic heterocycles. The number of carbonyl (C=O) groups excluding carboxylic acids is 1. The molecule has 0 spiro atoms. The Morgan fingerprint density at radius 3 is 2.65 bits per heavy atom. The molecule has 4 rings (SSSR count). The predicted molar refractivity (Wildman–Crippen MR) is 96.1 cm³/mol. The van der Waals surface area contributed by atoms with Crippen LogP contribution < -0.4 is 4.90 Å². The third-order valence-corrected chi connectivity index (χ3v) is 4.36. The van der Waals surface area contributed by atoms with E-state index >= 15 is 0 Å². The molecular weight excluding hydrogens is 330 g/mol. The highest BCUT2D eigenvalue weighted by atomic mass is 16.2. The van der Waals surface area contributed by atoms with E-state index in [-0.39, 0.29) is 5.91 Å². The highest BCUT2D eigenvalue weighted by Gasteiger charge is 2.23. The van der Waals surface area contributed by atoms with E-state index in [0.717, 1.165) is 31.0 Å². The molecule has 8 heteroatoms. The van der Waals surface area contributed by atoms with Crippen molar-refractivity contribution in [2.75, 3.05) is 31.1 Å². The molecule has 0 atom stereocenters. The normalized spacial score (nSPS) is 14.9. The van der Waals surface area contributed by atoms with E-state index < -0.39 is 0 Å². The summed E-state index contributed by atoms with van der Waals surface area (Å²) in [7, 11) is 0. The van der Waals surface area contributed by atoms with Crippen LogP contribution in [-0.2, 0) is 0 Å². The fraction of sp³-hybridized carbons (Fsp3) is 0.278. The highest BCUT2D eigenvalue weighted by Crippen LogP contribution is 2.14. The Morgan fingerprint density at radius 1 is 0.962 bits per heavy atom. The van der Waals surface area contributed by atoms with Gasteiger partial charge in [0.25, 0.3) is 5.91 Å². The first kappa shape index (κ1) is 16.2. The maximum Gasteiger partial charge on any atom is 0.276 e. The van der Waals surface area contributed by atoms with Crippen LogP contribution in [0.25, 0.3) is 5.69 Å². The molecule has 1 fully saturated rings. The van der Waals surface area contributed by atoms with Crippen LogP contribution in [0.4, 0.5) is 5.82 Å². The molecule has 26 heavy (non-hydrogen) atoms. The van der Waals surface area contributed by atoms with Gasteiger partial charge in [0.05, 0.1) is 11.9 Å². The number of para-hydroxylation sites is 1. The molecule has 0 aliphatic carbocycles. The monoisotopic (exact) mass is 349 g/mol. The summed E-state index contributed by atoms with van der Waals surface area (Å²) in [5, 5.41) is 16.6.